The van der Waals surface area contributed by atoms with Gasteiger partial charge in [0.15, 0.2) is 16.7 Å². The molecule has 5 rings (SSSR count). The molecule has 0 radical (unpaired) electrons. The maximum absolute atomic E-state index is 13.3. The smallest absolute Gasteiger partial charge is 0.233 e. The molecule has 0 bridgehead atoms. The molecule has 0 N–H and O–H groups in total. The van der Waals surface area contributed by atoms with E-state index in [2.05, 4.69) is 35.4 Å². The van der Waals surface area contributed by atoms with E-state index in [4.69, 9.17) is 14.5 Å². The number of hydrogen-bond donors (Lipinski definition) is 0. The van der Waals surface area contributed by atoms with E-state index in [1.807, 2.05) is 6.07 Å². The van der Waals surface area contributed by atoms with E-state index in [1.54, 1.807) is 11.8 Å². The van der Waals surface area contributed by atoms with Crippen LogP contribution in [0.25, 0.3) is 0 Å². The molecular formula is C26H35N3O3S. The average Bonchev–Trinajstić information content (AvgIpc) is 3.35. The van der Waals surface area contributed by atoms with E-state index < -0.39 is 0 Å². The zero-order valence-electron chi connectivity index (χ0n) is 19.8. The first-order valence-corrected chi connectivity index (χ1v) is 13.5. The minimum atomic E-state index is 0.108. The zero-order valence-corrected chi connectivity index (χ0v) is 20.7. The molecule has 178 valence electrons. The first kappa shape index (κ1) is 22.6. The standard InChI is InChI=1S/C26H35N3O3S/c1-18-19(2)29(21-8-4-3-5-9-21)26(27-18)33-17-25(30)28-13-6-10-22(28)20-11-12-23-24(16-20)32-15-7-14-31-23/h11-12,16,21-22H,3-10,13-15,17H2,1-2H3. The number of fused-ring (bicyclic) bond motifs is 1. The Kier molecular flexibility index (Phi) is 6.86. The predicted octanol–water partition coefficient (Wildman–Crippen LogP) is 5.62. The molecule has 1 unspecified atom stereocenters. The van der Waals surface area contributed by atoms with Crippen molar-refractivity contribution in [2.45, 2.75) is 82.5 Å². The molecule has 2 aromatic rings. The lowest BCUT2D eigenvalue weighted by molar-refractivity contribution is -0.129. The van der Waals surface area contributed by atoms with Crippen LogP contribution in [0.15, 0.2) is 23.4 Å². The lowest BCUT2D eigenvalue weighted by atomic mass is 9.95. The summed E-state index contributed by atoms with van der Waals surface area (Å²) in [6.07, 6.45) is 9.26. The Morgan fingerprint density at radius 1 is 1.03 bits per heavy atom. The highest BCUT2D eigenvalue weighted by atomic mass is 32.2. The van der Waals surface area contributed by atoms with Gasteiger partial charge >= 0.3 is 0 Å². The fourth-order valence-electron chi connectivity index (χ4n) is 5.48. The fraction of sp³-hybridized carbons (Fsp3) is 0.615. The van der Waals surface area contributed by atoms with Crippen molar-refractivity contribution in [1.29, 1.82) is 0 Å². The normalized spacial score (nSPS) is 21.3. The van der Waals surface area contributed by atoms with E-state index >= 15 is 0 Å². The summed E-state index contributed by atoms with van der Waals surface area (Å²) in [6.45, 7) is 6.43. The van der Waals surface area contributed by atoms with Gasteiger partial charge < -0.3 is 18.9 Å². The van der Waals surface area contributed by atoms with Gasteiger partial charge in [0, 0.05) is 24.7 Å². The molecule has 33 heavy (non-hydrogen) atoms. The fourth-order valence-corrected chi connectivity index (χ4v) is 6.52. The Labute approximate surface area is 201 Å². The molecule has 7 heteroatoms. The predicted molar refractivity (Wildman–Crippen MR) is 130 cm³/mol. The van der Waals surface area contributed by atoms with Crippen LogP contribution in [0.4, 0.5) is 0 Å². The van der Waals surface area contributed by atoms with Crippen LogP contribution < -0.4 is 9.47 Å². The molecule has 3 aliphatic rings. The van der Waals surface area contributed by atoms with Crippen molar-refractivity contribution in [3.63, 3.8) is 0 Å². The van der Waals surface area contributed by atoms with Gasteiger partial charge in [0.2, 0.25) is 5.91 Å². The third-order valence-electron chi connectivity index (χ3n) is 7.35. The lowest BCUT2D eigenvalue weighted by Crippen LogP contribution is -2.32. The average molecular weight is 470 g/mol. The Bertz CT molecular complexity index is 999. The molecular weight excluding hydrogens is 434 g/mol. The van der Waals surface area contributed by atoms with Gasteiger partial charge in [0.05, 0.1) is 30.7 Å². The Morgan fingerprint density at radius 2 is 1.82 bits per heavy atom. The van der Waals surface area contributed by atoms with Gasteiger partial charge in [-0.1, -0.05) is 37.1 Å². The van der Waals surface area contributed by atoms with E-state index in [0.29, 0.717) is 25.0 Å². The SMILES string of the molecule is Cc1nc(SCC(=O)N2CCCC2c2ccc3c(c2)OCCCO3)n(C2CCCCC2)c1C. The minimum Gasteiger partial charge on any atom is -0.490 e. The van der Waals surface area contributed by atoms with Crippen molar-refractivity contribution < 1.29 is 14.3 Å². The number of rotatable bonds is 5. The third kappa shape index (κ3) is 4.75. The Hall–Kier alpha value is -2.15. The van der Waals surface area contributed by atoms with E-state index in [1.165, 1.54) is 37.8 Å². The molecule has 1 aliphatic carbocycles. The van der Waals surface area contributed by atoms with Gasteiger partial charge in [-0.2, -0.15) is 0 Å². The molecule has 2 aliphatic heterocycles. The number of ether oxygens (including phenoxy) is 2. The summed E-state index contributed by atoms with van der Waals surface area (Å²) in [6, 6.07) is 6.81. The van der Waals surface area contributed by atoms with Crippen LogP contribution in [0.5, 0.6) is 11.5 Å². The number of amides is 1. The summed E-state index contributed by atoms with van der Waals surface area (Å²) < 4.78 is 14.1. The number of hydrogen-bond acceptors (Lipinski definition) is 5. The number of thioether (sulfide) groups is 1. The van der Waals surface area contributed by atoms with Crippen LogP contribution in [0.2, 0.25) is 0 Å². The molecule has 1 saturated heterocycles. The second kappa shape index (κ2) is 10.00. The summed E-state index contributed by atoms with van der Waals surface area (Å²) >= 11 is 1.61. The molecule has 1 aromatic carbocycles. The van der Waals surface area contributed by atoms with Gasteiger partial charge in [0.1, 0.15) is 0 Å². The van der Waals surface area contributed by atoms with Gasteiger partial charge in [-0.3, -0.25) is 4.79 Å². The van der Waals surface area contributed by atoms with E-state index in [0.717, 1.165) is 53.7 Å². The van der Waals surface area contributed by atoms with Crippen LogP contribution in [0.1, 0.15) is 80.4 Å². The first-order chi connectivity index (χ1) is 16.1. The van der Waals surface area contributed by atoms with Crippen molar-refractivity contribution in [2.75, 3.05) is 25.5 Å². The molecule has 6 nitrogen and oxygen atoms in total. The highest BCUT2D eigenvalue weighted by Gasteiger charge is 2.31. The number of likely N-dealkylation sites (tertiary alicyclic amines) is 1. The zero-order chi connectivity index (χ0) is 22.8. The maximum atomic E-state index is 13.3. The van der Waals surface area contributed by atoms with E-state index in [-0.39, 0.29) is 11.9 Å². The van der Waals surface area contributed by atoms with Gasteiger partial charge in [-0.15, -0.1) is 0 Å². The first-order valence-electron chi connectivity index (χ1n) is 12.5. The summed E-state index contributed by atoms with van der Waals surface area (Å²) in [4.78, 5) is 20.2. The van der Waals surface area contributed by atoms with Crippen molar-refractivity contribution >= 4 is 17.7 Å². The van der Waals surface area contributed by atoms with Crippen LogP contribution >= 0.6 is 11.8 Å². The van der Waals surface area contributed by atoms with Crippen LogP contribution in [-0.4, -0.2) is 45.9 Å². The van der Waals surface area contributed by atoms with Gasteiger partial charge in [0.25, 0.3) is 0 Å². The second-order valence-corrected chi connectivity index (χ2v) is 10.5. The second-order valence-electron chi connectivity index (χ2n) is 9.52. The van der Waals surface area contributed by atoms with Crippen LogP contribution in [0.3, 0.4) is 0 Å². The van der Waals surface area contributed by atoms with Crippen LogP contribution in [0, 0.1) is 13.8 Å². The highest BCUT2D eigenvalue weighted by molar-refractivity contribution is 7.99. The number of imidazole rings is 1. The van der Waals surface area contributed by atoms with Crippen molar-refractivity contribution in [3.05, 3.63) is 35.2 Å². The number of carbonyl (C=O) groups excluding carboxylic acids is 1. The van der Waals surface area contributed by atoms with Gasteiger partial charge in [-0.05, 0) is 57.2 Å². The molecule has 1 atom stereocenters. The van der Waals surface area contributed by atoms with Crippen molar-refractivity contribution in [2.24, 2.45) is 0 Å². The number of aryl methyl sites for hydroxylation is 1. The number of carbonyl (C=O) groups is 1. The van der Waals surface area contributed by atoms with Gasteiger partial charge in [-0.25, -0.2) is 4.98 Å². The topological polar surface area (TPSA) is 56.6 Å². The minimum absolute atomic E-state index is 0.108. The van der Waals surface area contributed by atoms with Crippen molar-refractivity contribution in [3.8, 4) is 11.5 Å². The monoisotopic (exact) mass is 469 g/mol. The Balaban J connectivity index is 1.29. The molecule has 3 heterocycles. The molecule has 1 saturated carbocycles. The van der Waals surface area contributed by atoms with Crippen LogP contribution in [-0.2, 0) is 4.79 Å². The lowest BCUT2D eigenvalue weighted by Gasteiger charge is -2.27. The number of nitrogens with zero attached hydrogens (tertiary/aromatic N) is 3. The third-order valence-corrected chi connectivity index (χ3v) is 8.29. The Morgan fingerprint density at radius 3 is 2.64 bits per heavy atom. The summed E-state index contributed by atoms with van der Waals surface area (Å²) in [5.41, 5.74) is 3.48. The molecule has 2 fully saturated rings. The summed E-state index contributed by atoms with van der Waals surface area (Å²) in [5, 5.41) is 1.01. The molecule has 1 amide bonds. The largest absolute Gasteiger partial charge is 0.490 e. The number of aromatic nitrogens is 2. The quantitative estimate of drug-likeness (QED) is 0.532. The summed E-state index contributed by atoms with van der Waals surface area (Å²) in [5.74, 6) is 2.24. The maximum Gasteiger partial charge on any atom is 0.233 e. The highest BCUT2D eigenvalue weighted by Crippen LogP contribution is 2.39. The van der Waals surface area contributed by atoms with Crippen molar-refractivity contribution in [1.82, 2.24) is 14.5 Å². The molecule has 1 aromatic heterocycles. The number of benzene rings is 1. The van der Waals surface area contributed by atoms with E-state index in [9.17, 15) is 4.79 Å². The molecule has 0 spiro atoms. The summed E-state index contributed by atoms with van der Waals surface area (Å²) in [7, 11) is 0.